The number of hydrogen-bond acceptors (Lipinski definition) is 2. The summed E-state index contributed by atoms with van der Waals surface area (Å²) in [4.78, 5) is 27.4. The van der Waals surface area contributed by atoms with Gasteiger partial charge in [0.25, 0.3) is 0 Å². The van der Waals surface area contributed by atoms with Crippen LogP contribution < -0.4 is 10.6 Å². The van der Waals surface area contributed by atoms with Crippen LogP contribution in [0.1, 0.15) is 25.3 Å². The van der Waals surface area contributed by atoms with Crippen LogP contribution in [0.2, 0.25) is 0 Å². The highest BCUT2D eigenvalue weighted by Crippen LogP contribution is 2.31. The lowest BCUT2D eigenvalue weighted by Gasteiger charge is -2.31. The number of benzene rings is 3. The van der Waals surface area contributed by atoms with Crippen LogP contribution >= 0.6 is 0 Å². The molecule has 6 heteroatoms. The van der Waals surface area contributed by atoms with Crippen molar-refractivity contribution in [3.05, 3.63) is 72.3 Å². The van der Waals surface area contributed by atoms with Crippen molar-refractivity contribution in [2.45, 2.75) is 33.2 Å². The molecule has 0 saturated carbocycles. The van der Waals surface area contributed by atoms with Crippen molar-refractivity contribution < 1.29 is 9.59 Å². The van der Waals surface area contributed by atoms with Gasteiger partial charge in [-0.25, -0.2) is 4.79 Å². The predicted molar refractivity (Wildman–Crippen MR) is 138 cm³/mol. The lowest BCUT2D eigenvalue weighted by Crippen LogP contribution is -2.43. The molecular formula is C28H30N4O2. The quantitative estimate of drug-likeness (QED) is 0.397. The van der Waals surface area contributed by atoms with Crippen molar-refractivity contribution in [1.82, 2.24) is 9.47 Å². The number of nitrogens with zero attached hydrogens (tertiary/aromatic N) is 2. The standard InChI is InChI=1S/C28H30N4O2/c1-3-32-25-10-5-4-9-23(25)24-18-22(11-12-26(24)32)29-27(33)20-13-15-31(16-14-20)28(34)30-21-8-6-7-19(2)17-21/h4-12,17-18,20H,3,13-16H2,1-2H3,(H,29,33)(H,30,34). The van der Waals surface area contributed by atoms with Crippen LogP contribution in [-0.2, 0) is 11.3 Å². The molecule has 4 aromatic rings. The molecule has 34 heavy (non-hydrogen) atoms. The molecule has 2 heterocycles. The molecular weight excluding hydrogens is 424 g/mol. The molecule has 5 rings (SSSR count). The normalized spacial score (nSPS) is 14.5. The van der Waals surface area contributed by atoms with Gasteiger partial charge in [-0.3, -0.25) is 4.79 Å². The summed E-state index contributed by atoms with van der Waals surface area (Å²) in [5, 5.41) is 8.43. The maximum absolute atomic E-state index is 13.0. The second-order valence-electron chi connectivity index (χ2n) is 9.04. The zero-order chi connectivity index (χ0) is 23.7. The van der Waals surface area contributed by atoms with Crippen molar-refractivity contribution in [1.29, 1.82) is 0 Å². The van der Waals surface area contributed by atoms with E-state index in [1.54, 1.807) is 4.90 Å². The van der Waals surface area contributed by atoms with Crippen molar-refractivity contribution in [3.8, 4) is 0 Å². The van der Waals surface area contributed by atoms with Crippen LogP contribution in [0.25, 0.3) is 21.8 Å². The molecule has 3 amide bonds. The van der Waals surface area contributed by atoms with Gasteiger partial charge in [0.05, 0.1) is 0 Å². The monoisotopic (exact) mass is 454 g/mol. The number of piperidine rings is 1. The third kappa shape index (κ3) is 4.23. The molecule has 0 aliphatic carbocycles. The number of aryl methyl sites for hydroxylation is 2. The molecule has 0 atom stereocenters. The van der Waals surface area contributed by atoms with Crippen molar-refractivity contribution in [2.75, 3.05) is 23.7 Å². The average Bonchev–Trinajstić information content (AvgIpc) is 3.17. The summed E-state index contributed by atoms with van der Waals surface area (Å²) in [5.74, 6) is -0.0759. The second-order valence-corrected chi connectivity index (χ2v) is 9.04. The molecule has 1 aliphatic heterocycles. The lowest BCUT2D eigenvalue weighted by molar-refractivity contribution is -0.121. The van der Waals surface area contributed by atoms with Crippen LogP contribution in [0.3, 0.4) is 0 Å². The Kier molecular flexibility index (Phi) is 5.97. The fraction of sp³-hybridized carbons (Fsp3) is 0.286. The number of urea groups is 1. The minimum atomic E-state index is -0.109. The Morgan fingerprint density at radius 3 is 2.35 bits per heavy atom. The number of carbonyl (C=O) groups excluding carboxylic acids is 2. The highest BCUT2D eigenvalue weighted by atomic mass is 16.2. The number of rotatable bonds is 4. The van der Waals surface area contributed by atoms with E-state index in [2.05, 4.69) is 58.5 Å². The summed E-state index contributed by atoms with van der Waals surface area (Å²) >= 11 is 0. The summed E-state index contributed by atoms with van der Waals surface area (Å²) in [7, 11) is 0. The summed E-state index contributed by atoms with van der Waals surface area (Å²) in [6.45, 7) is 6.18. The molecule has 174 valence electrons. The fourth-order valence-electron chi connectivity index (χ4n) is 4.99. The average molecular weight is 455 g/mol. The van der Waals surface area contributed by atoms with Crippen molar-refractivity contribution in [3.63, 3.8) is 0 Å². The van der Waals surface area contributed by atoms with Gasteiger partial charge in [-0.05, 0) is 68.7 Å². The minimum absolute atomic E-state index is 0.0253. The number of anilines is 2. The summed E-state index contributed by atoms with van der Waals surface area (Å²) in [6.07, 6.45) is 1.31. The Morgan fingerprint density at radius 2 is 1.59 bits per heavy atom. The molecule has 3 aromatic carbocycles. The van der Waals surface area contributed by atoms with Crippen LogP contribution in [0, 0.1) is 12.8 Å². The number of carbonyl (C=O) groups is 2. The van der Waals surface area contributed by atoms with Gasteiger partial charge in [0.2, 0.25) is 5.91 Å². The van der Waals surface area contributed by atoms with Gasteiger partial charge in [-0.15, -0.1) is 0 Å². The SMILES string of the molecule is CCn1c2ccccc2c2cc(NC(=O)C3CCN(C(=O)Nc4cccc(C)c4)CC3)ccc21. The molecule has 1 aromatic heterocycles. The van der Waals surface area contributed by atoms with Gasteiger partial charge in [0, 0.05) is 58.7 Å². The molecule has 1 aliphatic rings. The predicted octanol–water partition coefficient (Wildman–Crippen LogP) is 6.01. The molecule has 2 N–H and O–H groups in total. The number of hydrogen-bond donors (Lipinski definition) is 2. The number of fused-ring (bicyclic) bond motifs is 3. The third-order valence-corrected chi connectivity index (χ3v) is 6.78. The van der Waals surface area contributed by atoms with E-state index in [1.807, 2.05) is 37.3 Å². The van der Waals surface area contributed by atoms with Gasteiger partial charge < -0.3 is 20.1 Å². The largest absolute Gasteiger partial charge is 0.341 e. The Hall–Kier alpha value is -3.80. The smallest absolute Gasteiger partial charge is 0.321 e. The summed E-state index contributed by atoms with van der Waals surface area (Å²) in [6, 6.07) is 22.2. The first-order chi connectivity index (χ1) is 16.5. The van der Waals surface area contributed by atoms with Gasteiger partial charge >= 0.3 is 6.03 Å². The molecule has 1 saturated heterocycles. The minimum Gasteiger partial charge on any atom is -0.341 e. The van der Waals surface area contributed by atoms with E-state index in [0.29, 0.717) is 25.9 Å². The van der Waals surface area contributed by atoms with E-state index < -0.39 is 0 Å². The maximum atomic E-state index is 13.0. The molecule has 0 spiro atoms. The fourth-order valence-corrected chi connectivity index (χ4v) is 4.99. The number of nitrogens with one attached hydrogen (secondary N) is 2. The first-order valence-corrected chi connectivity index (χ1v) is 12.0. The van der Waals surface area contributed by atoms with E-state index in [0.717, 1.165) is 28.9 Å². The Bertz CT molecular complexity index is 1370. The highest BCUT2D eigenvalue weighted by Gasteiger charge is 2.27. The Labute approximate surface area is 199 Å². The number of amides is 3. The molecule has 1 fully saturated rings. The van der Waals surface area contributed by atoms with E-state index in [9.17, 15) is 9.59 Å². The molecule has 0 bridgehead atoms. The number of para-hydroxylation sites is 1. The van der Waals surface area contributed by atoms with Gasteiger partial charge in [0.15, 0.2) is 0 Å². The lowest BCUT2D eigenvalue weighted by atomic mass is 9.96. The third-order valence-electron chi connectivity index (χ3n) is 6.78. The zero-order valence-corrected chi connectivity index (χ0v) is 19.7. The first-order valence-electron chi connectivity index (χ1n) is 12.0. The van der Waals surface area contributed by atoms with E-state index in [1.165, 1.54) is 16.4 Å². The highest BCUT2D eigenvalue weighted by molar-refractivity contribution is 6.09. The number of likely N-dealkylation sites (tertiary alicyclic amines) is 1. The van der Waals surface area contributed by atoms with Crippen molar-refractivity contribution in [2.24, 2.45) is 5.92 Å². The summed E-state index contributed by atoms with van der Waals surface area (Å²) in [5.41, 5.74) is 5.10. The molecule has 0 unspecified atom stereocenters. The van der Waals surface area contributed by atoms with Crippen LogP contribution in [0.5, 0.6) is 0 Å². The zero-order valence-electron chi connectivity index (χ0n) is 19.7. The van der Waals surface area contributed by atoms with E-state index in [4.69, 9.17) is 0 Å². The number of aromatic nitrogens is 1. The maximum Gasteiger partial charge on any atom is 0.321 e. The van der Waals surface area contributed by atoms with E-state index in [-0.39, 0.29) is 17.9 Å². The van der Waals surface area contributed by atoms with Crippen molar-refractivity contribution >= 4 is 45.1 Å². The van der Waals surface area contributed by atoms with Gasteiger partial charge in [-0.1, -0.05) is 30.3 Å². The van der Waals surface area contributed by atoms with Gasteiger partial charge in [-0.2, -0.15) is 0 Å². The second kappa shape index (κ2) is 9.21. The first kappa shape index (κ1) is 22.0. The molecule has 6 nitrogen and oxygen atoms in total. The topological polar surface area (TPSA) is 66.4 Å². The van der Waals surface area contributed by atoms with E-state index >= 15 is 0 Å². The summed E-state index contributed by atoms with van der Waals surface area (Å²) < 4.78 is 2.30. The van der Waals surface area contributed by atoms with Gasteiger partial charge in [0.1, 0.15) is 0 Å². The van der Waals surface area contributed by atoms with Crippen LogP contribution in [0.15, 0.2) is 66.7 Å². The van der Waals surface area contributed by atoms with Crippen LogP contribution in [0.4, 0.5) is 16.2 Å². The Balaban J connectivity index is 1.23. The molecule has 0 radical (unpaired) electrons. The Morgan fingerprint density at radius 1 is 0.853 bits per heavy atom. The van der Waals surface area contributed by atoms with Crippen LogP contribution in [-0.4, -0.2) is 34.5 Å².